The molecule has 4 nitrogen and oxygen atoms in total. The van der Waals surface area contributed by atoms with E-state index in [-0.39, 0.29) is 0 Å². The van der Waals surface area contributed by atoms with Gasteiger partial charge in [-0.15, -0.1) is 10.2 Å². The number of nitrogens with one attached hydrogen (secondary N) is 1. The van der Waals surface area contributed by atoms with Crippen LogP contribution in [0.2, 0.25) is 0 Å². The first-order valence-corrected chi connectivity index (χ1v) is 6.15. The number of fused-ring (bicyclic) bond motifs is 1. The van der Waals surface area contributed by atoms with Crippen molar-refractivity contribution < 1.29 is 0 Å². The number of anilines is 1. The van der Waals surface area contributed by atoms with Crippen LogP contribution in [0.3, 0.4) is 0 Å². The minimum Gasteiger partial charge on any atom is -0.384 e. The zero-order valence-electron chi connectivity index (χ0n) is 9.50. The second-order valence-corrected chi connectivity index (χ2v) is 4.85. The maximum absolute atomic E-state index is 4.33. The Balaban J connectivity index is 1.78. The summed E-state index contributed by atoms with van der Waals surface area (Å²) in [7, 11) is 0. The third-order valence-electron chi connectivity index (χ3n) is 3.69. The fourth-order valence-corrected chi connectivity index (χ4v) is 2.65. The van der Waals surface area contributed by atoms with Crippen molar-refractivity contribution >= 4 is 5.69 Å². The molecule has 1 unspecified atom stereocenters. The SMILES string of the molecule is c1ccc2c(c1)NCC2c1nncn1C1CC1. The Bertz CT molecular complexity index is 556. The third kappa shape index (κ3) is 1.37. The van der Waals surface area contributed by atoms with Gasteiger partial charge in [-0.2, -0.15) is 0 Å². The highest BCUT2D eigenvalue weighted by atomic mass is 15.3. The van der Waals surface area contributed by atoms with Crippen molar-refractivity contribution in [3.63, 3.8) is 0 Å². The molecule has 17 heavy (non-hydrogen) atoms. The molecule has 1 aromatic carbocycles. The van der Waals surface area contributed by atoms with Crippen LogP contribution in [0.1, 0.15) is 36.2 Å². The van der Waals surface area contributed by atoms with Gasteiger partial charge in [0.1, 0.15) is 12.2 Å². The van der Waals surface area contributed by atoms with E-state index in [1.54, 1.807) is 0 Å². The maximum atomic E-state index is 4.33. The number of aromatic nitrogens is 3. The van der Waals surface area contributed by atoms with E-state index in [2.05, 4.69) is 44.3 Å². The van der Waals surface area contributed by atoms with Crippen LogP contribution in [0, 0.1) is 0 Å². The van der Waals surface area contributed by atoms with Crippen LogP contribution in [0.5, 0.6) is 0 Å². The van der Waals surface area contributed by atoms with Crippen LogP contribution in [0.15, 0.2) is 30.6 Å². The fourth-order valence-electron chi connectivity index (χ4n) is 2.65. The van der Waals surface area contributed by atoms with Crippen molar-refractivity contribution in [3.8, 4) is 0 Å². The van der Waals surface area contributed by atoms with Gasteiger partial charge in [-0.1, -0.05) is 18.2 Å². The molecule has 0 radical (unpaired) electrons. The minimum atomic E-state index is 0.356. The Kier molecular flexibility index (Phi) is 1.80. The van der Waals surface area contributed by atoms with E-state index in [1.807, 2.05) is 6.33 Å². The van der Waals surface area contributed by atoms with E-state index in [9.17, 15) is 0 Å². The van der Waals surface area contributed by atoms with Gasteiger partial charge < -0.3 is 9.88 Å². The van der Waals surface area contributed by atoms with E-state index in [0.29, 0.717) is 12.0 Å². The van der Waals surface area contributed by atoms with Gasteiger partial charge in [0.25, 0.3) is 0 Å². The second kappa shape index (κ2) is 3.32. The third-order valence-corrected chi connectivity index (χ3v) is 3.69. The molecule has 1 aliphatic heterocycles. The molecule has 2 aliphatic rings. The van der Waals surface area contributed by atoms with Gasteiger partial charge in [-0.05, 0) is 24.5 Å². The summed E-state index contributed by atoms with van der Waals surface area (Å²) in [4.78, 5) is 0. The highest BCUT2D eigenvalue weighted by molar-refractivity contribution is 5.59. The first-order valence-electron chi connectivity index (χ1n) is 6.15. The summed E-state index contributed by atoms with van der Waals surface area (Å²) in [5, 5.41) is 11.9. The molecule has 0 amide bonds. The number of rotatable bonds is 2. The first-order chi connectivity index (χ1) is 8.43. The summed E-state index contributed by atoms with van der Waals surface area (Å²) >= 11 is 0. The zero-order valence-corrected chi connectivity index (χ0v) is 9.50. The van der Waals surface area contributed by atoms with E-state index in [0.717, 1.165) is 12.4 Å². The van der Waals surface area contributed by atoms with Gasteiger partial charge in [-0.25, -0.2) is 0 Å². The van der Waals surface area contributed by atoms with Gasteiger partial charge in [0.15, 0.2) is 0 Å². The molecule has 2 heterocycles. The first kappa shape index (κ1) is 9.22. The number of para-hydroxylation sites is 1. The van der Waals surface area contributed by atoms with Crippen molar-refractivity contribution in [2.75, 3.05) is 11.9 Å². The van der Waals surface area contributed by atoms with Crippen molar-refractivity contribution in [3.05, 3.63) is 42.0 Å². The summed E-state index contributed by atoms with van der Waals surface area (Å²) < 4.78 is 2.26. The average molecular weight is 226 g/mol. The fraction of sp³-hybridized carbons (Fsp3) is 0.385. The van der Waals surface area contributed by atoms with Gasteiger partial charge in [0.2, 0.25) is 0 Å². The summed E-state index contributed by atoms with van der Waals surface area (Å²) in [5.41, 5.74) is 2.59. The molecule has 1 fully saturated rings. The van der Waals surface area contributed by atoms with Crippen LogP contribution in [-0.4, -0.2) is 21.3 Å². The zero-order chi connectivity index (χ0) is 11.2. The average Bonchev–Trinajstić information content (AvgIpc) is 2.94. The maximum Gasteiger partial charge on any atom is 0.142 e. The summed E-state index contributed by atoms with van der Waals surface area (Å²) in [6.45, 7) is 0.935. The molecule has 1 saturated carbocycles. The quantitative estimate of drug-likeness (QED) is 0.853. The lowest BCUT2D eigenvalue weighted by atomic mass is 10.0. The number of nitrogens with zero attached hydrogens (tertiary/aromatic N) is 3. The molecule has 0 saturated heterocycles. The van der Waals surface area contributed by atoms with E-state index >= 15 is 0 Å². The summed E-state index contributed by atoms with van der Waals surface area (Å²) in [5.74, 6) is 1.47. The standard InChI is InChI=1S/C13H14N4/c1-2-4-12-10(3-1)11(7-14-12)13-16-15-8-17(13)9-5-6-9/h1-4,8-9,11,14H,5-7H2. The highest BCUT2D eigenvalue weighted by Crippen LogP contribution is 2.40. The molecule has 1 aliphatic carbocycles. The van der Waals surface area contributed by atoms with E-state index < -0.39 is 0 Å². The lowest BCUT2D eigenvalue weighted by Crippen LogP contribution is -2.11. The number of hydrogen-bond donors (Lipinski definition) is 1. The topological polar surface area (TPSA) is 42.7 Å². The van der Waals surface area contributed by atoms with Gasteiger partial charge in [-0.3, -0.25) is 0 Å². The Morgan fingerprint density at radius 2 is 2.12 bits per heavy atom. The Morgan fingerprint density at radius 1 is 1.24 bits per heavy atom. The molecular weight excluding hydrogens is 212 g/mol. The van der Waals surface area contributed by atoms with Crippen molar-refractivity contribution in [1.82, 2.24) is 14.8 Å². The van der Waals surface area contributed by atoms with Crippen LogP contribution < -0.4 is 5.32 Å². The van der Waals surface area contributed by atoms with Gasteiger partial charge in [0, 0.05) is 18.3 Å². The monoisotopic (exact) mass is 226 g/mol. The Labute approximate surface area is 99.7 Å². The molecule has 1 atom stereocenters. The predicted octanol–water partition coefficient (Wildman–Crippen LogP) is 2.17. The van der Waals surface area contributed by atoms with Crippen molar-refractivity contribution in [2.24, 2.45) is 0 Å². The Morgan fingerprint density at radius 3 is 3.00 bits per heavy atom. The molecule has 0 spiro atoms. The summed E-state index contributed by atoms with van der Waals surface area (Å²) in [6.07, 6.45) is 4.42. The van der Waals surface area contributed by atoms with Crippen molar-refractivity contribution in [2.45, 2.75) is 24.8 Å². The second-order valence-electron chi connectivity index (χ2n) is 4.85. The molecule has 4 rings (SSSR count). The molecule has 4 heteroatoms. The van der Waals surface area contributed by atoms with E-state index in [1.165, 1.54) is 24.1 Å². The Hall–Kier alpha value is -1.84. The molecular formula is C13H14N4. The largest absolute Gasteiger partial charge is 0.384 e. The van der Waals surface area contributed by atoms with Crippen LogP contribution >= 0.6 is 0 Å². The summed E-state index contributed by atoms with van der Waals surface area (Å²) in [6, 6.07) is 9.13. The predicted molar refractivity (Wildman–Crippen MR) is 65.1 cm³/mol. The van der Waals surface area contributed by atoms with Gasteiger partial charge in [0.05, 0.1) is 5.92 Å². The molecule has 0 bridgehead atoms. The van der Waals surface area contributed by atoms with Crippen molar-refractivity contribution in [1.29, 1.82) is 0 Å². The van der Waals surface area contributed by atoms with Crippen LogP contribution in [0.25, 0.3) is 0 Å². The highest BCUT2D eigenvalue weighted by Gasteiger charge is 2.32. The normalized spacial score (nSPS) is 22.2. The van der Waals surface area contributed by atoms with Crippen LogP contribution in [0.4, 0.5) is 5.69 Å². The molecule has 1 aromatic heterocycles. The molecule has 2 aromatic rings. The lowest BCUT2D eigenvalue weighted by Gasteiger charge is -2.11. The smallest absolute Gasteiger partial charge is 0.142 e. The van der Waals surface area contributed by atoms with Crippen LogP contribution in [-0.2, 0) is 0 Å². The number of hydrogen-bond acceptors (Lipinski definition) is 3. The minimum absolute atomic E-state index is 0.356. The number of benzene rings is 1. The molecule has 86 valence electrons. The molecule has 1 N–H and O–H groups in total. The van der Waals surface area contributed by atoms with Gasteiger partial charge >= 0.3 is 0 Å². The van der Waals surface area contributed by atoms with E-state index in [4.69, 9.17) is 0 Å². The lowest BCUT2D eigenvalue weighted by molar-refractivity contribution is 0.654.